The number of rotatable bonds is 14. The van der Waals surface area contributed by atoms with Crippen molar-refractivity contribution in [3.05, 3.63) is 18.6 Å². The van der Waals surface area contributed by atoms with Gasteiger partial charge in [0.2, 0.25) is 0 Å². The second kappa shape index (κ2) is 18.2. The van der Waals surface area contributed by atoms with E-state index < -0.39 is 0 Å². The van der Waals surface area contributed by atoms with Crippen LogP contribution in [0.3, 0.4) is 0 Å². The summed E-state index contributed by atoms with van der Waals surface area (Å²) in [5.41, 5.74) is 1.20. The van der Waals surface area contributed by atoms with Crippen molar-refractivity contribution in [2.45, 2.75) is 85.0 Å². The Bertz CT molecular complexity index is 208. The zero-order chi connectivity index (χ0) is 15.1. The van der Waals surface area contributed by atoms with E-state index in [4.69, 9.17) is 0 Å². The summed E-state index contributed by atoms with van der Waals surface area (Å²) >= 11 is 0. The summed E-state index contributed by atoms with van der Waals surface area (Å²) in [6, 6.07) is 0. The minimum Gasteiger partial charge on any atom is -0.316 e. The Morgan fingerprint density at radius 3 is 1.62 bits per heavy atom. The number of nitrogens with zero attached hydrogens (tertiary/aromatic N) is 1. The maximum Gasteiger partial charge on any atom is 1.00 e. The van der Waals surface area contributed by atoms with E-state index in [1.807, 2.05) is 0 Å². The molecule has 0 spiro atoms. The van der Waals surface area contributed by atoms with Crippen LogP contribution in [0, 0.1) is 6.92 Å². The van der Waals surface area contributed by atoms with Gasteiger partial charge in [-0.3, -0.25) is 0 Å². The number of allylic oxidation sites excluding steroid dienone is 1. The minimum atomic E-state index is 0. The van der Waals surface area contributed by atoms with Crippen molar-refractivity contribution < 1.29 is 18.9 Å². The van der Waals surface area contributed by atoms with Crippen LogP contribution in [0.1, 0.15) is 85.0 Å². The van der Waals surface area contributed by atoms with Gasteiger partial charge in [-0.05, 0) is 32.5 Å². The molecule has 1 nitrogen and oxygen atoms in total. The fourth-order valence-electron chi connectivity index (χ4n) is 2.46. The average molecular weight is 287 g/mol. The van der Waals surface area contributed by atoms with E-state index in [1.165, 1.54) is 82.9 Å². The Morgan fingerprint density at radius 2 is 1.24 bits per heavy atom. The first-order valence-electron chi connectivity index (χ1n) is 8.91. The van der Waals surface area contributed by atoms with Gasteiger partial charge in [-0.2, -0.15) is 0 Å². The summed E-state index contributed by atoms with van der Waals surface area (Å²) in [5.74, 6) is 0. The molecular weight excluding hydrogens is 249 g/mol. The SMILES string of the molecule is [CH2-]/C(C)=C/CN(CCCCCCC)CCCCCCC.[Li+]. The molecule has 120 valence electrons. The van der Waals surface area contributed by atoms with Crippen molar-refractivity contribution in [2.75, 3.05) is 19.6 Å². The third-order valence-electron chi connectivity index (χ3n) is 3.85. The Kier molecular flexibility index (Phi) is 20.3. The van der Waals surface area contributed by atoms with Crippen LogP contribution in [0.25, 0.3) is 0 Å². The van der Waals surface area contributed by atoms with Crippen LogP contribution in [0.15, 0.2) is 11.6 Å². The molecule has 0 aliphatic rings. The summed E-state index contributed by atoms with van der Waals surface area (Å²) in [6.07, 6.45) is 16.1. The van der Waals surface area contributed by atoms with Gasteiger partial charge >= 0.3 is 18.9 Å². The molecule has 0 unspecified atom stereocenters. The van der Waals surface area contributed by atoms with Crippen molar-refractivity contribution in [3.63, 3.8) is 0 Å². The van der Waals surface area contributed by atoms with E-state index in [2.05, 4.69) is 38.7 Å². The smallest absolute Gasteiger partial charge is 0.316 e. The minimum absolute atomic E-state index is 0. The quantitative estimate of drug-likeness (QED) is 0.270. The molecule has 0 fully saturated rings. The van der Waals surface area contributed by atoms with Crippen molar-refractivity contribution in [1.82, 2.24) is 4.90 Å². The molecule has 0 aliphatic heterocycles. The first-order valence-corrected chi connectivity index (χ1v) is 8.91. The topological polar surface area (TPSA) is 3.24 Å². The molecular formula is C19H38LiN. The van der Waals surface area contributed by atoms with Gasteiger partial charge in [0.05, 0.1) is 0 Å². The second-order valence-electron chi connectivity index (χ2n) is 6.18. The third-order valence-corrected chi connectivity index (χ3v) is 3.85. The van der Waals surface area contributed by atoms with Gasteiger partial charge in [0.25, 0.3) is 0 Å². The Balaban J connectivity index is 0. The maximum atomic E-state index is 3.99. The van der Waals surface area contributed by atoms with E-state index in [1.54, 1.807) is 0 Å². The number of hydrogen-bond donors (Lipinski definition) is 0. The predicted octanol–water partition coefficient (Wildman–Crippen LogP) is 3.01. The van der Waals surface area contributed by atoms with Gasteiger partial charge in [-0.25, -0.2) is 18.6 Å². The molecule has 0 aromatic rings. The first kappa shape index (κ1) is 23.4. The molecule has 0 rings (SSSR count). The molecule has 0 aromatic heterocycles. The Labute approximate surface area is 147 Å². The van der Waals surface area contributed by atoms with Gasteiger partial charge in [-0.1, -0.05) is 72.1 Å². The molecule has 0 radical (unpaired) electrons. The van der Waals surface area contributed by atoms with Crippen LogP contribution in [-0.2, 0) is 0 Å². The van der Waals surface area contributed by atoms with Gasteiger partial charge in [-0.15, -0.1) is 0 Å². The van der Waals surface area contributed by atoms with E-state index >= 15 is 0 Å². The number of hydrogen-bond acceptors (Lipinski definition) is 1. The first-order chi connectivity index (χ1) is 9.70. The average Bonchev–Trinajstić information content (AvgIpc) is 2.43. The fraction of sp³-hybridized carbons (Fsp3) is 0.842. The summed E-state index contributed by atoms with van der Waals surface area (Å²) < 4.78 is 0. The zero-order valence-corrected chi connectivity index (χ0v) is 15.4. The molecule has 0 N–H and O–H groups in total. The molecule has 0 saturated carbocycles. The predicted molar refractivity (Wildman–Crippen MR) is 93.1 cm³/mol. The second-order valence-corrected chi connectivity index (χ2v) is 6.18. The van der Waals surface area contributed by atoms with E-state index in [0.29, 0.717) is 0 Å². The van der Waals surface area contributed by atoms with Crippen LogP contribution in [-0.4, -0.2) is 24.5 Å². The van der Waals surface area contributed by atoms with Crippen LogP contribution in [0.5, 0.6) is 0 Å². The molecule has 0 aromatic carbocycles. The standard InChI is InChI=1S/C19H38N.Li/c1-5-7-9-11-13-16-20(18-15-19(3)4)17-14-12-10-8-6-2;/h15H,3,5-14,16-18H2,1-2,4H3;/q-1;+1/b19-15-;. The summed E-state index contributed by atoms with van der Waals surface area (Å²) in [6.45, 7) is 14.3. The van der Waals surface area contributed by atoms with E-state index in [0.717, 1.165) is 6.54 Å². The van der Waals surface area contributed by atoms with Crippen molar-refractivity contribution >= 4 is 0 Å². The van der Waals surface area contributed by atoms with Crippen molar-refractivity contribution in [2.24, 2.45) is 0 Å². The van der Waals surface area contributed by atoms with Crippen LogP contribution in [0.2, 0.25) is 0 Å². The zero-order valence-electron chi connectivity index (χ0n) is 15.4. The number of unbranched alkanes of at least 4 members (excludes halogenated alkanes) is 8. The van der Waals surface area contributed by atoms with Crippen molar-refractivity contribution in [3.8, 4) is 0 Å². The van der Waals surface area contributed by atoms with Crippen LogP contribution in [0.4, 0.5) is 0 Å². The molecule has 0 saturated heterocycles. The summed E-state index contributed by atoms with van der Waals surface area (Å²) in [4.78, 5) is 2.62. The van der Waals surface area contributed by atoms with E-state index in [9.17, 15) is 0 Å². The molecule has 0 heterocycles. The van der Waals surface area contributed by atoms with Gasteiger partial charge in [0.15, 0.2) is 0 Å². The van der Waals surface area contributed by atoms with E-state index in [-0.39, 0.29) is 18.9 Å². The molecule has 2 heteroatoms. The molecule has 0 amide bonds. The maximum absolute atomic E-state index is 3.99. The molecule has 0 atom stereocenters. The van der Waals surface area contributed by atoms with Gasteiger partial charge < -0.3 is 4.90 Å². The van der Waals surface area contributed by atoms with Gasteiger partial charge in [0.1, 0.15) is 0 Å². The van der Waals surface area contributed by atoms with Gasteiger partial charge in [0, 0.05) is 0 Å². The van der Waals surface area contributed by atoms with Crippen LogP contribution < -0.4 is 18.9 Å². The Hall–Kier alpha value is 0.167. The van der Waals surface area contributed by atoms with Crippen molar-refractivity contribution in [1.29, 1.82) is 0 Å². The molecule has 0 aliphatic carbocycles. The normalized spacial score (nSPS) is 11.7. The summed E-state index contributed by atoms with van der Waals surface area (Å²) in [5, 5.41) is 0. The summed E-state index contributed by atoms with van der Waals surface area (Å²) in [7, 11) is 0. The Morgan fingerprint density at radius 1 is 0.810 bits per heavy atom. The molecule has 0 bridgehead atoms. The molecule has 21 heavy (non-hydrogen) atoms. The third kappa shape index (κ3) is 18.1. The van der Waals surface area contributed by atoms with Crippen LogP contribution >= 0.6 is 0 Å². The monoisotopic (exact) mass is 287 g/mol. The largest absolute Gasteiger partial charge is 1.00 e. The fourth-order valence-corrected chi connectivity index (χ4v) is 2.46.